The minimum absolute atomic E-state index is 0.319. The molecule has 29 heavy (non-hydrogen) atoms. The molecule has 150 valence electrons. The van der Waals surface area contributed by atoms with Gasteiger partial charge in [0.2, 0.25) is 0 Å². The number of carbonyl (C=O) groups is 2. The number of benzene rings is 2. The first-order valence-corrected chi connectivity index (χ1v) is 9.61. The van der Waals surface area contributed by atoms with Crippen LogP contribution in [0.3, 0.4) is 0 Å². The van der Waals surface area contributed by atoms with Gasteiger partial charge in [-0.05, 0) is 44.9 Å². The Kier molecular flexibility index (Phi) is 6.44. The predicted molar refractivity (Wildman–Crippen MR) is 111 cm³/mol. The number of aromatic nitrogens is 2. The van der Waals surface area contributed by atoms with Crippen LogP contribution in [0.1, 0.15) is 34.2 Å². The van der Waals surface area contributed by atoms with Gasteiger partial charge in [-0.3, -0.25) is 4.79 Å². The predicted octanol–water partition coefficient (Wildman–Crippen LogP) is 3.39. The van der Waals surface area contributed by atoms with E-state index in [4.69, 9.17) is 4.74 Å². The molecule has 3 rings (SSSR count). The molecule has 3 aromatic rings. The lowest BCUT2D eigenvalue weighted by atomic mass is 10.1. The first kappa shape index (κ1) is 20.3. The number of rotatable bonds is 7. The van der Waals surface area contributed by atoms with Gasteiger partial charge in [0.15, 0.2) is 6.10 Å². The fourth-order valence-corrected chi connectivity index (χ4v) is 3.15. The third-order valence-corrected chi connectivity index (χ3v) is 4.70. The number of ether oxygens (including phenoxy) is 1. The number of carbonyl (C=O) groups excluding carboxylic acids is 2. The average molecular weight is 391 g/mol. The van der Waals surface area contributed by atoms with E-state index in [9.17, 15) is 9.59 Å². The molecule has 0 bridgehead atoms. The summed E-state index contributed by atoms with van der Waals surface area (Å²) < 4.78 is 7.11. The molecule has 0 saturated heterocycles. The molecule has 0 spiro atoms. The quantitative estimate of drug-likeness (QED) is 0.627. The van der Waals surface area contributed by atoms with Crippen molar-refractivity contribution in [1.29, 1.82) is 0 Å². The van der Waals surface area contributed by atoms with Crippen LogP contribution in [0.15, 0.2) is 60.7 Å². The summed E-state index contributed by atoms with van der Waals surface area (Å²) in [5.74, 6) is -0.868. The van der Waals surface area contributed by atoms with E-state index in [1.807, 2.05) is 67.6 Å². The smallest absolute Gasteiger partial charge is 0.342 e. The van der Waals surface area contributed by atoms with Crippen molar-refractivity contribution in [3.05, 3.63) is 83.2 Å². The van der Waals surface area contributed by atoms with Gasteiger partial charge < -0.3 is 10.1 Å². The normalized spacial score (nSPS) is 11.7. The van der Waals surface area contributed by atoms with E-state index in [0.717, 1.165) is 17.7 Å². The van der Waals surface area contributed by atoms with E-state index in [0.29, 0.717) is 23.5 Å². The fourth-order valence-electron chi connectivity index (χ4n) is 3.15. The molecule has 0 saturated carbocycles. The first-order valence-electron chi connectivity index (χ1n) is 9.61. The zero-order valence-corrected chi connectivity index (χ0v) is 16.9. The summed E-state index contributed by atoms with van der Waals surface area (Å²) in [5.41, 5.74) is 3.62. The summed E-state index contributed by atoms with van der Waals surface area (Å²) in [4.78, 5) is 25.0. The molecule has 0 fully saturated rings. The molecule has 2 aromatic carbocycles. The Morgan fingerprint density at radius 3 is 2.31 bits per heavy atom. The summed E-state index contributed by atoms with van der Waals surface area (Å²) in [6.07, 6.45) is -0.174. The minimum atomic E-state index is -0.892. The first-order chi connectivity index (χ1) is 14.0. The van der Waals surface area contributed by atoms with Gasteiger partial charge in [-0.15, -0.1) is 0 Å². The monoisotopic (exact) mass is 391 g/mol. The third-order valence-electron chi connectivity index (χ3n) is 4.70. The van der Waals surface area contributed by atoms with Gasteiger partial charge in [0.05, 0.1) is 17.1 Å². The van der Waals surface area contributed by atoms with Crippen LogP contribution in [0.2, 0.25) is 0 Å². The van der Waals surface area contributed by atoms with Crippen molar-refractivity contribution < 1.29 is 14.3 Å². The van der Waals surface area contributed by atoms with Crippen molar-refractivity contribution in [2.45, 2.75) is 33.3 Å². The van der Waals surface area contributed by atoms with Crippen LogP contribution in [-0.4, -0.2) is 34.3 Å². The van der Waals surface area contributed by atoms with E-state index in [1.165, 1.54) is 0 Å². The summed E-state index contributed by atoms with van der Waals surface area (Å²) in [6, 6.07) is 19.4. The number of amides is 1. The molecule has 0 aliphatic carbocycles. The van der Waals surface area contributed by atoms with Crippen LogP contribution in [-0.2, 0) is 16.0 Å². The Morgan fingerprint density at radius 1 is 1.03 bits per heavy atom. The Balaban J connectivity index is 1.61. The molecule has 1 amide bonds. The van der Waals surface area contributed by atoms with E-state index in [2.05, 4.69) is 10.4 Å². The van der Waals surface area contributed by atoms with Gasteiger partial charge in [-0.25, -0.2) is 9.48 Å². The lowest BCUT2D eigenvalue weighted by Crippen LogP contribution is -2.37. The lowest BCUT2D eigenvalue weighted by molar-refractivity contribution is -0.129. The molecule has 1 heterocycles. The van der Waals surface area contributed by atoms with Gasteiger partial charge in [-0.2, -0.15) is 5.10 Å². The molecule has 1 unspecified atom stereocenters. The lowest BCUT2D eigenvalue weighted by Gasteiger charge is -2.14. The van der Waals surface area contributed by atoms with Crippen molar-refractivity contribution in [3.63, 3.8) is 0 Å². The molecule has 6 nitrogen and oxygen atoms in total. The highest BCUT2D eigenvalue weighted by molar-refractivity contribution is 5.94. The molecular formula is C23H25N3O3. The molecule has 1 N–H and O–H groups in total. The van der Waals surface area contributed by atoms with Crippen molar-refractivity contribution in [2.24, 2.45) is 0 Å². The Hall–Kier alpha value is -3.41. The van der Waals surface area contributed by atoms with Gasteiger partial charge in [0, 0.05) is 6.54 Å². The van der Waals surface area contributed by atoms with Crippen LogP contribution in [0.4, 0.5) is 0 Å². The zero-order chi connectivity index (χ0) is 20.8. The van der Waals surface area contributed by atoms with Crippen molar-refractivity contribution in [2.75, 3.05) is 6.54 Å². The molecule has 0 radical (unpaired) electrons. The maximum atomic E-state index is 12.7. The second-order valence-electron chi connectivity index (χ2n) is 6.87. The summed E-state index contributed by atoms with van der Waals surface area (Å²) in [6.45, 7) is 5.62. The highest BCUT2D eigenvalue weighted by atomic mass is 16.5. The number of hydrogen-bond acceptors (Lipinski definition) is 4. The Morgan fingerprint density at radius 2 is 1.66 bits per heavy atom. The molecule has 1 atom stereocenters. The fraction of sp³-hybridized carbons (Fsp3) is 0.261. The number of esters is 1. The summed E-state index contributed by atoms with van der Waals surface area (Å²) in [5, 5.41) is 7.26. The van der Waals surface area contributed by atoms with Crippen molar-refractivity contribution >= 4 is 11.9 Å². The number of hydrogen-bond donors (Lipinski definition) is 1. The van der Waals surface area contributed by atoms with E-state index in [1.54, 1.807) is 18.5 Å². The van der Waals surface area contributed by atoms with Crippen LogP contribution in [0.25, 0.3) is 5.69 Å². The number of nitrogens with one attached hydrogen (secondary N) is 1. The maximum Gasteiger partial charge on any atom is 0.342 e. The largest absolute Gasteiger partial charge is 0.449 e. The topological polar surface area (TPSA) is 73.2 Å². The summed E-state index contributed by atoms with van der Waals surface area (Å²) in [7, 11) is 0. The van der Waals surface area contributed by atoms with Crippen molar-refractivity contribution in [3.8, 4) is 5.69 Å². The second kappa shape index (κ2) is 9.19. The van der Waals surface area contributed by atoms with Crippen LogP contribution in [0.5, 0.6) is 0 Å². The third kappa shape index (κ3) is 4.90. The number of para-hydroxylation sites is 1. The second-order valence-corrected chi connectivity index (χ2v) is 6.87. The van der Waals surface area contributed by atoms with E-state index >= 15 is 0 Å². The zero-order valence-electron chi connectivity index (χ0n) is 16.9. The number of nitrogens with zero attached hydrogens (tertiary/aromatic N) is 2. The highest BCUT2D eigenvalue weighted by Crippen LogP contribution is 2.19. The van der Waals surface area contributed by atoms with E-state index in [-0.39, 0.29) is 5.91 Å². The molecular weight excluding hydrogens is 366 g/mol. The van der Waals surface area contributed by atoms with Gasteiger partial charge in [0.1, 0.15) is 5.56 Å². The minimum Gasteiger partial charge on any atom is -0.449 e. The maximum absolute atomic E-state index is 12.7. The van der Waals surface area contributed by atoms with Crippen molar-refractivity contribution in [1.82, 2.24) is 15.1 Å². The molecule has 0 aliphatic heterocycles. The number of aryl methyl sites for hydroxylation is 1. The Bertz CT molecular complexity index is 981. The van der Waals surface area contributed by atoms with Gasteiger partial charge >= 0.3 is 5.97 Å². The van der Waals surface area contributed by atoms with Crippen LogP contribution in [0, 0.1) is 13.8 Å². The summed E-state index contributed by atoms with van der Waals surface area (Å²) >= 11 is 0. The van der Waals surface area contributed by atoms with Crippen LogP contribution >= 0.6 is 0 Å². The van der Waals surface area contributed by atoms with Crippen LogP contribution < -0.4 is 5.32 Å². The SMILES string of the molecule is Cc1nn(-c2ccccc2)c(C)c1C(=O)OC(C)C(=O)NCCc1ccccc1. The standard InChI is InChI=1S/C23H25N3O3/c1-16-21(17(2)26(25-16)20-12-8-5-9-13-20)23(28)29-18(3)22(27)24-15-14-19-10-6-4-7-11-19/h4-13,18H,14-15H2,1-3H3,(H,24,27). The Labute approximate surface area is 170 Å². The average Bonchev–Trinajstić information content (AvgIpc) is 3.03. The van der Waals surface area contributed by atoms with E-state index < -0.39 is 12.1 Å². The highest BCUT2D eigenvalue weighted by Gasteiger charge is 2.24. The molecule has 6 heteroatoms. The molecule has 1 aromatic heterocycles. The van der Waals surface area contributed by atoms with Gasteiger partial charge in [0.25, 0.3) is 5.91 Å². The van der Waals surface area contributed by atoms with Gasteiger partial charge in [-0.1, -0.05) is 48.5 Å². The molecule has 0 aliphatic rings.